The Hall–Kier alpha value is -3.31. The number of isocyanates is 1. The number of carboxylic acids is 1. The van der Waals surface area contributed by atoms with Gasteiger partial charge in [-0.3, -0.25) is 0 Å². The van der Waals surface area contributed by atoms with Gasteiger partial charge in [0.05, 0.1) is 11.1 Å². The van der Waals surface area contributed by atoms with E-state index in [1.54, 1.807) is 43.6 Å². The highest BCUT2D eigenvalue weighted by Crippen LogP contribution is 2.30. The van der Waals surface area contributed by atoms with Crippen molar-refractivity contribution in [1.82, 2.24) is 14.8 Å². The van der Waals surface area contributed by atoms with Crippen LogP contribution in [-0.2, 0) is 11.8 Å². The molecule has 108 valence electrons. The van der Waals surface area contributed by atoms with E-state index in [0.717, 1.165) is 5.56 Å². The van der Waals surface area contributed by atoms with Gasteiger partial charge < -0.3 is 5.11 Å². The first kappa shape index (κ1) is 13.7. The van der Waals surface area contributed by atoms with Gasteiger partial charge in [0.25, 0.3) is 0 Å². The summed E-state index contributed by atoms with van der Waals surface area (Å²) >= 11 is 0. The Morgan fingerprint density at radius 3 is 2.64 bits per heavy atom. The molecule has 7 heteroatoms. The van der Waals surface area contributed by atoms with Crippen molar-refractivity contribution in [3.8, 4) is 11.1 Å². The molecule has 0 atom stereocenters. The van der Waals surface area contributed by atoms with Crippen LogP contribution in [0.15, 0.2) is 41.5 Å². The lowest BCUT2D eigenvalue weighted by Crippen LogP contribution is -1.99. The van der Waals surface area contributed by atoms with E-state index in [2.05, 4.69) is 15.1 Å². The Labute approximate surface area is 124 Å². The monoisotopic (exact) mass is 294 g/mol. The molecule has 0 saturated heterocycles. The maximum Gasteiger partial charge on any atom is 0.357 e. The molecule has 7 nitrogen and oxygen atoms in total. The third kappa shape index (κ3) is 2.15. The van der Waals surface area contributed by atoms with Gasteiger partial charge in [0, 0.05) is 13.2 Å². The minimum absolute atomic E-state index is 0.0458. The number of carbonyl (C=O) groups excluding carboxylic acids is 1. The SMILES string of the molecule is Cn1nc(C(=O)O)c2c(-c3ccc(N=C=O)cc3)ccnc21. The largest absolute Gasteiger partial charge is 0.476 e. The van der Waals surface area contributed by atoms with Crippen molar-refractivity contribution >= 4 is 28.8 Å². The summed E-state index contributed by atoms with van der Waals surface area (Å²) in [6.45, 7) is 0. The molecule has 1 aromatic carbocycles. The van der Waals surface area contributed by atoms with Crippen molar-refractivity contribution in [2.75, 3.05) is 0 Å². The minimum Gasteiger partial charge on any atom is -0.476 e. The second-order valence-corrected chi connectivity index (χ2v) is 4.58. The maximum absolute atomic E-state index is 11.4. The summed E-state index contributed by atoms with van der Waals surface area (Å²) in [5.41, 5.74) is 2.42. The number of nitrogens with zero attached hydrogens (tertiary/aromatic N) is 4. The zero-order valence-corrected chi connectivity index (χ0v) is 11.5. The molecule has 0 amide bonds. The molecule has 3 aromatic rings. The first-order valence-corrected chi connectivity index (χ1v) is 6.35. The number of hydrogen-bond donors (Lipinski definition) is 1. The van der Waals surface area contributed by atoms with Crippen molar-refractivity contribution in [3.05, 3.63) is 42.2 Å². The molecule has 0 fully saturated rings. The molecule has 0 aliphatic heterocycles. The third-order valence-electron chi connectivity index (χ3n) is 3.28. The summed E-state index contributed by atoms with van der Waals surface area (Å²) in [7, 11) is 1.65. The molecule has 22 heavy (non-hydrogen) atoms. The van der Waals surface area contributed by atoms with Gasteiger partial charge in [0.15, 0.2) is 11.3 Å². The molecule has 0 spiro atoms. The number of hydrogen-bond acceptors (Lipinski definition) is 5. The lowest BCUT2D eigenvalue weighted by molar-refractivity contribution is 0.0691. The fraction of sp³-hybridized carbons (Fsp3) is 0.0667. The topological polar surface area (TPSA) is 97.4 Å². The minimum atomic E-state index is -1.11. The van der Waals surface area contributed by atoms with Crippen molar-refractivity contribution in [2.45, 2.75) is 0 Å². The highest BCUT2D eigenvalue weighted by Gasteiger charge is 2.19. The van der Waals surface area contributed by atoms with E-state index in [-0.39, 0.29) is 5.69 Å². The molecule has 0 bridgehead atoms. The van der Waals surface area contributed by atoms with Gasteiger partial charge in [0.2, 0.25) is 6.08 Å². The van der Waals surface area contributed by atoms with Crippen molar-refractivity contribution in [3.63, 3.8) is 0 Å². The summed E-state index contributed by atoms with van der Waals surface area (Å²) in [6, 6.07) is 8.55. The first-order chi connectivity index (χ1) is 10.6. The molecule has 3 rings (SSSR count). The van der Waals surface area contributed by atoms with Crippen molar-refractivity contribution in [1.29, 1.82) is 0 Å². The average Bonchev–Trinajstić information content (AvgIpc) is 2.86. The second-order valence-electron chi connectivity index (χ2n) is 4.58. The van der Waals surface area contributed by atoms with Crippen molar-refractivity contribution < 1.29 is 14.7 Å². The normalized spacial score (nSPS) is 10.4. The van der Waals surface area contributed by atoms with Gasteiger partial charge in [-0.25, -0.2) is 19.3 Å². The van der Waals surface area contributed by atoms with Crippen LogP contribution in [0.2, 0.25) is 0 Å². The summed E-state index contributed by atoms with van der Waals surface area (Å²) in [5.74, 6) is -1.11. The average molecular weight is 294 g/mol. The summed E-state index contributed by atoms with van der Waals surface area (Å²) < 4.78 is 1.44. The predicted molar refractivity (Wildman–Crippen MR) is 78.7 cm³/mol. The van der Waals surface area contributed by atoms with E-state index >= 15 is 0 Å². The number of benzene rings is 1. The van der Waals surface area contributed by atoms with Gasteiger partial charge in [-0.05, 0) is 29.3 Å². The van der Waals surface area contributed by atoms with E-state index < -0.39 is 5.97 Å². The number of aromatic carboxylic acids is 1. The van der Waals surface area contributed by atoms with Crippen LogP contribution in [0.25, 0.3) is 22.2 Å². The number of rotatable bonds is 3. The maximum atomic E-state index is 11.4. The lowest BCUT2D eigenvalue weighted by Gasteiger charge is -2.04. The molecule has 0 radical (unpaired) electrons. The van der Waals surface area contributed by atoms with E-state index in [0.29, 0.717) is 22.3 Å². The van der Waals surface area contributed by atoms with Crippen LogP contribution < -0.4 is 0 Å². The number of carboxylic acid groups (broad SMARTS) is 1. The summed E-state index contributed by atoms with van der Waals surface area (Å²) in [6.07, 6.45) is 3.07. The van der Waals surface area contributed by atoms with Crippen molar-refractivity contribution in [2.24, 2.45) is 12.0 Å². The highest BCUT2D eigenvalue weighted by atomic mass is 16.4. The first-order valence-electron chi connectivity index (χ1n) is 6.35. The molecule has 0 unspecified atom stereocenters. The zero-order chi connectivity index (χ0) is 15.7. The van der Waals surface area contributed by atoms with Crippen LogP contribution in [0.1, 0.15) is 10.5 Å². The molecular weight excluding hydrogens is 284 g/mol. The Morgan fingerprint density at radius 1 is 1.27 bits per heavy atom. The summed E-state index contributed by atoms with van der Waals surface area (Å²) in [4.78, 5) is 29.3. The van der Waals surface area contributed by atoms with Gasteiger partial charge in [-0.15, -0.1) is 0 Å². The number of aliphatic imine (C=N–C) groups is 1. The predicted octanol–water partition coefficient (Wildman–Crippen LogP) is 2.30. The Morgan fingerprint density at radius 2 is 2.00 bits per heavy atom. The molecular formula is C15H10N4O3. The molecule has 1 N–H and O–H groups in total. The molecule has 0 aliphatic carbocycles. The second kappa shape index (κ2) is 5.23. The number of fused-ring (bicyclic) bond motifs is 1. The smallest absolute Gasteiger partial charge is 0.357 e. The quantitative estimate of drug-likeness (QED) is 0.590. The van der Waals surface area contributed by atoms with Gasteiger partial charge in [-0.1, -0.05) is 12.1 Å². The molecule has 0 saturated carbocycles. The van der Waals surface area contributed by atoms with E-state index in [1.807, 2.05) is 0 Å². The lowest BCUT2D eigenvalue weighted by atomic mass is 10.0. The van der Waals surface area contributed by atoms with Gasteiger partial charge >= 0.3 is 5.97 Å². The third-order valence-corrected chi connectivity index (χ3v) is 3.28. The van der Waals surface area contributed by atoms with Crippen LogP contribution >= 0.6 is 0 Å². The van der Waals surface area contributed by atoms with Gasteiger partial charge in [-0.2, -0.15) is 10.1 Å². The molecule has 2 heterocycles. The van der Waals surface area contributed by atoms with Gasteiger partial charge in [0.1, 0.15) is 0 Å². The number of carbonyl (C=O) groups is 1. The highest BCUT2D eigenvalue weighted by molar-refractivity contribution is 6.06. The number of pyridine rings is 1. The molecule has 2 aromatic heterocycles. The van der Waals surface area contributed by atoms with E-state index in [4.69, 9.17) is 0 Å². The van der Waals surface area contributed by atoms with Crippen LogP contribution in [0.4, 0.5) is 5.69 Å². The fourth-order valence-corrected chi connectivity index (χ4v) is 2.34. The van der Waals surface area contributed by atoms with E-state index in [1.165, 1.54) is 10.8 Å². The Kier molecular flexibility index (Phi) is 3.25. The number of aryl methyl sites for hydroxylation is 1. The van der Waals surface area contributed by atoms with Crippen LogP contribution in [-0.4, -0.2) is 31.9 Å². The van der Waals surface area contributed by atoms with Crippen LogP contribution in [0.5, 0.6) is 0 Å². The number of aromatic nitrogens is 3. The standard InChI is InChI=1S/C15H10N4O3/c1-19-14-12(13(18-19)15(21)22)11(6-7-16-14)9-2-4-10(5-3-9)17-8-20/h2-7H,1H3,(H,21,22). The Balaban J connectivity index is 2.26. The van der Waals surface area contributed by atoms with Crippen LogP contribution in [0.3, 0.4) is 0 Å². The Bertz CT molecular complexity index is 922. The van der Waals surface area contributed by atoms with Crippen LogP contribution in [0, 0.1) is 0 Å². The van der Waals surface area contributed by atoms with E-state index in [9.17, 15) is 14.7 Å². The molecule has 0 aliphatic rings. The fourth-order valence-electron chi connectivity index (χ4n) is 2.34. The summed E-state index contributed by atoms with van der Waals surface area (Å²) in [5, 5.41) is 13.8. The zero-order valence-electron chi connectivity index (χ0n) is 11.5.